The zero-order valence-corrected chi connectivity index (χ0v) is 15.7. The molecule has 1 amide bonds. The lowest BCUT2D eigenvalue weighted by Gasteiger charge is -2.11. The largest absolute Gasteiger partial charge is 0.493 e. The van der Waals surface area contributed by atoms with Crippen molar-refractivity contribution in [1.29, 1.82) is 0 Å². The van der Waals surface area contributed by atoms with Crippen molar-refractivity contribution in [1.82, 2.24) is 5.43 Å². The molecule has 1 aromatic heterocycles. The Kier molecular flexibility index (Phi) is 6.60. The van der Waals surface area contributed by atoms with Crippen LogP contribution in [0.3, 0.4) is 0 Å². The van der Waals surface area contributed by atoms with E-state index in [2.05, 4.69) is 10.5 Å². The van der Waals surface area contributed by atoms with Crippen molar-refractivity contribution in [3.8, 4) is 11.5 Å². The number of carbonyl (C=O) groups excluding carboxylic acids is 1. The number of carbonyl (C=O) groups is 1. The molecule has 0 radical (unpaired) electrons. The minimum atomic E-state index is -0.150. The van der Waals surface area contributed by atoms with Gasteiger partial charge in [-0.15, -0.1) is 11.3 Å². The highest BCUT2D eigenvalue weighted by molar-refractivity contribution is 7.10. The van der Waals surface area contributed by atoms with Crippen LogP contribution < -0.4 is 14.9 Å². The number of thiophene rings is 1. The van der Waals surface area contributed by atoms with E-state index in [1.807, 2.05) is 66.0 Å². The molecule has 0 aliphatic rings. The zero-order valence-electron chi connectivity index (χ0n) is 14.9. The molecule has 0 aliphatic carbocycles. The average molecular weight is 380 g/mol. The fraction of sp³-hybridized carbons (Fsp3) is 0.143. The molecule has 3 rings (SSSR count). The van der Waals surface area contributed by atoms with Gasteiger partial charge in [0.2, 0.25) is 5.91 Å². The highest BCUT2D eigenvalue weighted by atomic mass is 32.1. The summed E-state index contributed by atoms with van der Waals surface area (Å²) in [4.78, 5) is 12.9. The molecular weight excluding hydrogens is 360 g/mol. The fourth-order valence-electron chi connectivity index (χ4n) is 2.41. The summed E-state index contributed by atoms with van der Waals surface area (Å²) in [6.07, 6.45) is 1.91. The Balaban J connectivity index is 1.60. The molecule has 27 heavy (non-hydrogen) atoms. The maximum absolute atomic E-state index is 11.9. The predicted molar refractivity (Wildman–Crippen MR) is 108 cm³/mol. The van der Waals surface area contributed by atoms with Gasteiger partial charge in [-0.05, 0) is 40.8 Å². The molecule has 138 valence electrons. The van der Waals surface area contributed by atoms with Crippen LogP contribution in [0.2, 0.25) is 0 Å². The van der Waals surface area contributed by atoms with E-state index in [9.17, 15) is 4.79 Å². The Morgan fingerprint density at radius 1 is 1.11 bits per heavy atom. The molecule has 1 N–H and O–H groups in total. The van der Waals surface area contributed by atoms with Crippen LogP contribution in [0, 0.1) is 0 Å². The standard InChI is InChI=1S/C21H20N2O3S/c1-25-19-10-9-17(12-20(19)26-15-16-6-3-2-4-7-16)14-22-23-21(24)13-18-8-5-11-27-18/h2-12,14H,13,15H2,1H3,(H,23,24). The van der Waals surface area contributed by atoms with E-state index in [1.165, 1.54) is 0 Å². The van der Waals surface area contributed by atoms with Gasteiger partial charge in [-0.1, -0.05) is 36.4 Å². The van der Waals surface area contributed by atoms with Gasteiger partial charge in [0.1, 0.15) is 6.61 Å². The molecule has 0 aliphatic heterocycles. The number of hydrazone groups is 1. The first-order valence-electron chi connectivity index (χ1n) is 8.43. The Bertz CT molecular complexity index is 893. The molecule has 0 fully saturated rings. The third-order valence-electron chi connectivity index (χ3n) is 3.74. The quantitative estimate of drug-likeness (QED) is 0.474. The van der Waals surface area contributed by atoms with E-state index in [0.29, 0.717) is 24.5 Å². The summed E-state index contributed by atoms with van der Waals surface area (Å²) in [6, 6.07) is 19.2. The zero-order chi connectivity index (χ0) is 18.9. The monoisotopic (exact) mass is 380 g/mol. The van der Waals surface area contributed by atoms with E-state index in [4.69, 9.17) is 9.47 Å². The number of methoxy groups -OCH3 is 1. The fourth-order valence-corrected chi connectivity index (χ4v) is 3.11. The van der Waals surface area contributed by atoms with E-state index < -0.39 is 0 Å². The number of nitrogens with zero attached hydrogens (tertiary/aromatic N) is 1. The lowest BCUT2D eigenvalue weighted by atomic mass is 10.2. The molecule has 0 atom stereocenters. The first kappa shape index (κ1) is 18.7. The van der Waals surface area contributed by atoms with Gasteiger partial charge in [0, 0.05) is 4.88 Å². The second kappa shape index (κ2) is 9.54. The molecule has 3 aromatic rings. The lowest BCUT2D eigenvalue weighted by molar-refractivity contribution is -0.120. The van der Waals surface area contributed by atoms with Crippen LogP contribution in [0.25, 0.3) is 0 Å². The second-order valence-electron chi connectivity index (χ2n) is 5.73. The minimum Gasteiger partial charge on any atom is -0.493 e. The van der Waals surface area contributed by atoms with Crippen LogP contribution in [0.15, 0.2) is 71.1 Å². The van der Waals surface area contributed by atoms with Crippen LogP contribution in [0.1, 0.15) is 16.0 Å². The van der Waals surface area contributed by atoms with Gasteiger partial charge < -0.3 is 9.47 Å². The number of hydrogen-bond acceptors (Lipinski definition) is 5. The third kappa shape index (κ3) is 5.69. The van der Waals surface area contributed by atoms with E-state index in [-0.39, 0.29) is 5.91 Å². The van der Waals surface area contributed by atoms with Gasteiger partial charge in [0.25, 0.3) is 0 Å². The molecule has 2 aromatic carbocycles. The van der Waals surface area contributed by atoms with Crippen molar-refractivity contribution in [3.63, 3.8) is 0 Å². The molecule has 6 heteroatoms. The van der Waals surface area contributed by atoms with Crippen LogP contribution in [0.5, 0.6) is 11.5 Å². The highest BCUT2D eigenvalue weighted by Crippen LogP contribution is 2.28. The molecule has 5 nitrogen and oxygen atoms in total. The van der Waals surface area contributed by atoms with E-state index in [1.54, 1.807) is 24.7 Å². The first-order chi connectivity index (χ1) is 13.2. The van der Waals surface area contributed by atoms with Crippen LogP contribution in [0.4, 0.5) is 0 Å². The minimum absolute atomic E-state index is 0.150. The van der Waals surface area contributed by atoms with Crippen molar-refractivity contribution in [3.05, 3.63) is 82.0 Å². The van der Waals surface area contributed by atoms with Gasteiger partial charge in [-0.25, -0.2) is 5.43 Å². The van der Waals surface area contributed by atoms with E-state index in [0.717, 1.165) is 16.0 Å². The number of ether oxygens (including phenoxy) is 2. The number of benzene rings is 2. The normalized spacial score (nSPS) is 10.7. The summed E-state index contributed by atoms with van der Waals surface area (Å²) in [6.45, 7) is 0.440. The van der Waals surface area contributed by atoms with Crippen LogP contribution >= 0.6 is 11.3 Å². The number of rotatable bonds is 8. The molecule has 0 saturated carbocycles. The van der Waals surface area contributed by atoms with Crippen molar-refractivity contribution in [2.24, 2.45) is 5.10 Å². The van der Waals surface area contributed by atoms with Crippen molar-refractivity contribution >= 4 is 23.5 Å². The van der Waals surface area contributed by atoms with Crippen molar-refractivity contribution < 1.29 is 14.3 Å². The topological polar surface area (TPSA) is 59.9 Å². The molecule has 1 heterocycles. The third-order valence-corrected chi connectivity index (χ3v) is 4.62. The SMILES string of the molecule is COc1ccc(C=NNC(=O)Cc2cccs2)cc1OCc1ccccc1. The van der Waals surface area contributed by atoms with Gasteiger partial charge in [-0.2, -0.15) is 5.10 Å². The second-order valence-corrected chi connectivity index (χ2v) is 6.77. The van der Waals surface area contributed by atoms with Crippen LogP contribution in [-0.2, 0) is 17.8 Å². The smallest absolute Gasteiger partial charge is 0.245 e. The van der Waals surface area contributed by atoms with E-state index >= 15 is 0 Å². The number of hydrogen-bond donors (Lipinski definition) is 1. The maximum Gasteiger partial charge on any atom is 0.245 e. The number of nitrogens with one attached hydrogen (secondary N) is 1. The molecular formula is C21H20N2O3S. The Morgan fingerprint density at radius 2 is 1.96 bits per heavy atom. The van der Waals surface area contributed by atoms with Gasteiger partial charge in [-0.3, -0.25) is 4.79 Å². The summed E-state index contributed by atoms with van der Waals surface area (Å²) in [5.41, 5.74) is 4.41. The van der Waals surface area contributed by atoms with Crippen molar-refractivity contribution in [2.75, 3.05) is 7.11 Å². The molecule has 0 saturated heterocycles. The summed E-state index contributed by atoms with van der Waals surface area (Å²) in [7, 11) is 1.60. The lowest BCUT2D eigenvalue weighted by Crippen LogP contribution is -2.19. The summed E-state index contributed by atoms with van der Waals surface area (Å²) < 4.78 is 11.2. The van der Waals surface area contributed by atoms with Gasteiger partial charge in [0.05, 0.1) is 19.7 Å². The summed E-state index contributed by atoms with van der Waals surface area (Å²) in [5, 5.41) is 5.97. The Morgan fingerprint density at radius 3 is 2.70 bits per heavy atom. The summed E-state index contributed by atoms with van der Waals surface area (Å²) >= 11 is 1.55. The summed E-state index contributed by atoms with van der Waals surface area (Å²) in [5.74, 6) is 1.11. The highest BCUT2D eigenvalue weighted by Gasteiger charge is 2.06. The number of amides is 1. The Hall–Kier alpha value is -3.12. The predicted octanol–water partition coefficient (Wildman–Crippen LogP) is 4.03. The average Bonchev–Trinajstić information content (AvgIpc) is 3.20. The molecule has 0 spiro atoms. The van der Waals surface area contributed by atoms with Crippen molar-refractivity contribution in [2.45, 2.75) is 13.0 Å². The van der Waals surface area contributed by atoms with Gasteiger partial charge >= 0.3 is 0 Å². The first-order valence-corrected chi connectivity index (χ1v) is 9.31. The maximum atomic E-state index is 11.9. The van der Waals surface area contributed by atoms with Crippen LogP contribution in [-0.4, -0.2) is 19.2 Å². The molecule has 0 unspecified atom stereocenters. The molecule has 0 bridgehead atoms. The van der Waals surface area contributed by atoms with Gasteiger partial charge in [0.15, 0.2) is 11.5 Å². The Labute approximate surface area is 162 Å².